The zero-order chi connectivity index (χ0) is 38.4. The molecule has 2 N–H and O–H groups in total. The molecule has 0 saturated heterocycles. The van der Waals surface area contributed by atoms with Crippen LogP contribution < -0.4 is 29.6 Å². The predicted octanol–water partition coefficient (Wildman–Crippen LogP) is 7.53. The zero-order valence-corrected chi connectivity index (χ0v) is 30.9. The Balaban J connectivity index is 1.25. The Morgan fingerprint density at radius 1 is 0.519 bits per heavy atom. The highest BCUT2D eigenvalue weighted by Crippen LogP contribution is 2.28. The average Bonchev–Trinajstić information content (AvgIpc) is 3.18. The van der Waals surface area contributed by atoms with E-state index < -0.39 is 35.8 Å². The van der Waals surface area contributed by atoms with Crippen LogP contribution >= 0.6 is 0 Å². The number of ether oxygens (including phenoxy) is 6. The molecule has 54 heavy (non-hydrogen) atoms. The Kier molecular flexibility index (Phi) is 18.1. The summed E-state index contributed by atoms with van der Waals surface area (Å²) in [6, 6.07) is 26.1. The third-order valence-electron chi connectivity index (χ3n) is 8.16. The second kappa shape index (κ2) is 23.5. The third kappa shape index (κ3) is 14.3. The number of hydrogen-bond donors (Lipinski definition) is 2. The van der Waals surface area contributed by atoms with Gasteiger partial charge in [0, 0.05) is 13.1 Å². The standard InChI is InChI=1S/C42H50F2N2O8/c1-3-49-37-11-5-7-13-39(37)51-29-27-45-25-9-15-35(31-17-21-33(43)22-18-31)53-41(47)42(48)54-36(32-19-23-34(44)24-20-32)16-10-26-46-28-30-52-40-14-8-6-12-38(40)50-4-2/h5-8,11-14,17-24,35-36,45-46H,3-4,9-10,15-16,25-30H2,1-2H3. The minimum absolute atomic E-state index is 0.361. The van der Waals surface area contributed by atoms with Crippen molar-refractivity contribution in [3.05, 3.63) is 120 Å². The molecule has 4 aromatic rings. The molecule has 0 aliphatic rings. The van der Waals surface area contributed by atoms with Gasteiger partial charge in [-0.3, -0.25) is 0 Å². The van der Waals surface area contributed by atoms with E-state index in [2.05, 4.69) is 10.6 Å². The lowest BCUT2D eigenvalue weighted by Crippen LogP contribution is -2.26. The van der Waals surface area contributed by atoms with E-state index in [0.717, 1.165) is 0 Å². The first kappa shape index (κ1) is 41.6. The molecule has 0 aliphatic carbocycles. The maximum atomic E-state index is 13.7. The summed E-state index contributed by atoms with van der Waals surface area (Å²) in [5.74, 6) is -0.532. The van der Waals surface area contributed by atoms with Gasteiger partial charge >= 0.3 is 11.9 Å². The first-order valence-electron chi connectivity index (χ1n) is 18.4. The zero-order valence-electron chi connectivity index (χ0n) is 30.9. The normalized spacial score (nSPS) is 12.0. The van der Waals surface area contributed by atoms with Gasteiger partial charge in [-0.1, -0.05) is 48.5 Å². The molecule has 0 aromatic heterocycles. The van der Waals surface area contributed by atoms with Crippen molar-refractivity contribution in [2.24, 2.45) is 0 Å². The predicted molar refractivity (Wildman–Crippen MR) is 201 cm³/mol. The topological polar surface area (TPSA) is 114 Å². The maximum Gasteiger partial charge on any atom is 0.418 e. The average molecular weight is 749 g/mol. The second-order valence-electron chi connectivity index (χ2n) is 12.1. The van der Waals surface area contributed by atoms with Gasteiger partial charge in [0.05, 0.1) is 13.2 Å². The fraction of sp³-hybridized carbons (Fsp3) is 0.381. The van der Waals surface area contributed by atoms with E-state index in [4.69, 9.17) is 28.4 Å². The minimum Gasteiger partial charge on any atom is -0.490 e. The molecule has 0 fully saturated rings. The smallest absolute Gasteiger partial charge is 0.418 e. The number of rotatable bonds is 24. The molecule has 2 unspecified atom stereocenters. The minimum atomic E-state index is -1.17. The Morgan fingerprint density at radius 3 is 1.22 bits per heavy atom. The number of carbonyl (C=O) groups is 2. The van der Waals surface area contributed by atoms with Crippen LogP contribution in [-0.4, -0.2) is 64.5 Å². The highest BCUT2D eigenvalue weighted by molar-refractivity contribution is 6.29. The van der Waals surface area contributed by atoms with E-state index in [1.165, 1.54) is 48.5 Å². The Bertz CT molecular complexity index is 1570. The van der Waals surface area contributed by atoms with Crippen molar-refractivity contribution in [3.8, 4) is 23.0 Å². The van der Waals surface area contributed by atoms with Gasteiger partial charge in [0.25, 0.3) is 0 Å². The molecule has 0 saturated carbocycles. The first-order valence-corrected chi connectivity index (χ1v) is 18.4. The van der Waals surface area contributed by atoms with Crippen LogP contribution in [-0.2, 0) is 19.1 Å². The van der Waals surface area contributed by atoms with Gasteiger partial charge in [-0.25, -0.2) is 18.4 Å². The van der Waals surface area contributed by atoms with Crippen molar-refractivity contribution >= 4 is 11.9 Å². The molecule has 0 aliphatic heterocycles. The number of nitrogens with one attached hydrogen (secondary N) is 2. The van der Waals surface area contributed by atoms with Crippen LogP contribution in [0.15, 0.2) is 97.1 Å². The Labute approximate surface area is 316 Å². The second-order valence-corrected chi connectivity index (χ2v) is 12.1. The van der Waals surface area contributed by atoms with Crippen LogP contribution in [0.2, 0.25) is 0 Å². The number of halogens is 2. The summed E-state index contributed by atoms with van der Waals surface area (Å²) in [4.78, 5) is 26.2. The molecule has 0 heterocycles. The van der Waals surface area contributed by atoms with Crippen molar-refractivity contribution in [1.82, 2.24) is 10.6 Å². The van der Waals surface area contributed by atoms with Crippen LogP contribution in [0.3, 0.4) is 0 Å². The lowest BCUT2D eigenvalue weighted by molar-refractivity contribution is -0.175. The molecule has 2 atom stereocenters. The number of hydrogen-bond acceptors (Lipinski definition) is 10. The van der Waals surface area contributed by atoms with E-state index in [9.17, 15) is 18.4 Å². The van der Waals surface area contributed by atoms with Gasteiger partial charge < -0.3 is 39.1 Å². The van der Waals surface area contributed by atoms with Gasteiger partial charge in [0.1, 0.15) is 37.1 Å². The van der Waals surface area contributed by atoms with Gasteiger partial charge in [0.2, 0.25) is 0 Å². The monoisotopic (exact) mass is 748 g/mol. The Hall–Kier alpha value is -5.20. The molecule has 0 bridgehead atoms. The summed E-state index contributed by atoms with van der Waals surface area (Å²) in [5, 5.41) is 6.59. The van der Waals surface area contributed by atoms with Gasteiger partial charge in [-0.05, 0) is 112 Å². The molecular weight excluding hydrogens is 698 g/mol. The fourth-order valence-electron chi connectivity index (χ4n) is 5.53. The molecule has 0 amide bonds. The van der Waals surface area contributed by atoms with E-state index in [1.807, 2.05) is 62.4 Å². The summed E-state index contributed by atoms with van der Waals surface area (Å²) in [6.07, 6.45) is 0.236. The summed E-state index contributed by atoms with van der Waals surface area (Å²) in [7, 11) is 0. The number of esters is 2. The number of carbonyl (C=O) groups excluding carboxylic acids is 2. The molecule has 10 nitrogen and oxygen atoms in total. The molecular formula is C42H50F2N2O8. The van der Waals surface area contributed by atoms with Gasteiger partial charge in [-0.15, -0.1) is 0 Å². The Morgan fingerprint density at radius 2 is 0.870 bits per heavy atom. The lowest BCUT2D eigenvalue weighted by atomic mass is 10.0. The highest BCUT2D eigenvalue weighted by Gasteiger charge is 2.27. The van der Waals surface area contributed by atoms with Crippen molar-refractivity contribution in [2.75, 3.05) is 52.6 Å². The van der Waals surface area contributed by atoms with E-state index in [-0.39, 0.29) is 0 Å². The largest absolute Gasteiger partial charge is 0.490 e. The summed E-state index contributed by atoms with van der Waals surface area (Å²) in [5.41, 5.74) is 1.08. The number of para-hydroxylation sites is 4. The summed E-state index contributed by atoms with van der Waals surface area (Å²) in [6.45, 7) is 7.98. The van der Waals surface area contributed by atoms with Crippen LogP contribution in [0.1, 0.15) is 62.9 Å². The van der Waals surface area contributed by atoms with Crippen molar-refractivity contribution < 1.29 is 46.8 Å². The maximum absolute atomic E-state index is 13.7. The highest BCUT2D eigenvalue weighted by atomic mass is 19.1. The first-order chi connectivity index (χ1) is 26.4. The molecule has 4 aromatic carbocycles. The van der Waals surface area contributed by atoms with E-state index in [1.54, 1.807) is 0 Å². The van der Waals surface area contributed by atoms with E-state index in [0.29, 0.717) is 112 Å². The fourth-order valence-corrected chi connectivity index (χ4v) is 5.53. The van der Waals surface area contributed by atoms with Crippen LogP contribution in [0.4, 0.5) is 8.78 Å². The SMILES string of the molecule is CCOc1ccccc1OCCNCCCC(OC(=O)C(=O)OC(CCCNCCOc1ccccc1OCC)c1ccc(F)cc1)c1ccc(F)cc1. The van der Waals surface area contributed by atoms with Crippen LogP contribution in [0.25, 0.3) is 0 Å². The molecule has 0 spiro atoms. The number of benzene rings is 4. The molecule has 4 rings (SSSR count). The van der Waals surface area contributed by atoms with Crippen molar-refractivity contribution in [2.45, 2.75) is 51.7 Å². The lowest BCUT2D eigenvalue weighted by Gasteiger charge is -2.21. The van der Waals surface area contributed by atoms with Gasteiger partial charge in [-0.2, -0.15) is 0 Å². The molecule has 0 radical (unpaired) electrons. The summed E-state index contributed by atoms with van der Waals surface area (Å²) >= 11 is 0. The van der Waals surface area contributed by atoms with Crippen molar-refractivity contribution in [3.63, 3.8) is 0 Å². The van der Waals surface area contributed by atoms with Crippen LogP contribution in [0.5, 0.6) is 23.0 Å². The summed E-state index contributed by atoms with van der Waals surface area (Å²) < 4.78 is 61.6. The van der Waals surface area contributed by atoms with E-state index >= 15 is 0 Å². The van der Waals surface area contributed by atoms with Crippen LogP contribution in [0, 0.1) is 11.6 Å². The molecule has 12 heteroatoms. The third-order valence-corrected chi connectivity index (χ3v) is 8.16. The quantitative estimate of drug-likeness (QED) is 0.0424. The van der Waals surface area contributed by atoms with Gasteiger partial charge in [0.15, 0.2) is 23.0 Å². The van der Waals surface area contributed by atoms with Crippen molar-refractivity contribution in [1.29, 1.82) is 0 Å². The molecule has 290 valence electrons.